The maximum absolute atomic E-state index is 13.1. The molecule has 0 aliphatic carbocycles. The number of fused-ring (bicyclic) bond motifs is 2. The first-order valence-electron chi connectivity index (χ1n) is 8.61. The molecule has 6 heteroatoms. The summed E-state index contributed by atoms with van der Waals surface area (Å²) < 4.78 is 5.95. The molecule has 0 unspecified atom stereocenters. The Morgan fingerprint density at radius 1 is 1.08 bits per heavy atom. The minimum Gasteiger partial charge on any atom is -0.457 e. The van der Waals surface area contributed by atoms with Crippen LogP contribution in [0, 0.1) is 5.92 Å². The van der Waals surface area contributed by atoms with Crippen molar-refractivity contribution in [1.29, 1.82) is 0 Å². The van der Waals surface area contributed by atoms with Crippen molar-refractivity contribution in [3.63, 3.8) is 0 Å². The van der Waals surface area contributed by atoms with Gasteiger partial charge in [0.2, 0.25) is 11.0 Å². The van der Waals surface area contributed by atoms with Crippen LogP contribution in [0.15, 0.2) is 48.5 Å². The number of carbonyl (C=O) groups is 1. The topological polar surface area (TPSA) is 64.1 Å². The van der Waals surface area contributed by atoms with Crippen molar-refractivity contribution in [2.24, 2.45) is 5.92 Å². The molecule has 0 saturated carbocycles. The average Bonchev–Trinajstić information content (AvgIpc) is 3.05. The molecule has 1 N–H and O–H groups in total. The van der Waals surface area contributed by atoms with Crippen LogP contribution in [0.5, 0.6) is 11.5 Å². The fourth-order valence-electron chi connectivity index (χ4n) is 3.11. The molecule has 5 nitrogen and oxygen atoms in total. The number of para-hydroxylation sites is 2. The predicted molar refractivity (Wildman–Crippen MR) is 102 cm³/mol. The Bertz CT molecular complexity index is 906. The van der Waals surface area contributed by atoms with Crippen molar-refractivity contribution in [1.82, 2.24) is 10.2 Å². The van der Waals surface area contributed by atoms with E-state index in [1.807, 2.05) is 48.5 Å². The molecule has 1 aromatic heterocycles. The highest BCUT2D eigenvalue weighted by Gasteiger charge is 2.32. The lowest BCUT2D eigenvalue weighted by Gasteiger charge is -2.27. The van der Waals surface area contributed by atoms with Gasteiger partial charge in [-0.2, -0.15) is 0 Å². The number of nitrogens with zero attached hydrogens (tertiary/aromatic N) is 2. The number of rotatable bonds is 4. The van der Waals surface area contributed by atoms with Gasteiger partial charge in [-0.1, -0.05) is 61.6 Å². The van der Waals surface area contributed by atoms with Gasteiger partial charge >= 0.3 is 0 Å². The van der Waals surface area contributed by atoms with Crippen LogP contribution in [0.4, 0.5) is 5.13 Å². The molecular weight excluding hydrogens is 346 g/mol. The number of aromatic nitrogens is 2. The number of anilines is 1. The van der Waals surface area contributed by atoms with Crippen LogP contribution in [0.3, 0.4) is 0 Å². The third kappa shape index (κ3) is 3.20. The molecule has 4 rings (SSSR count). The van der Waals surface area contributed by atoms with E-state index in [2.05, 4.69) is 29.4 Å². The Balaban J connectivity index is 1.64. The lowest BCUT2D eigenvalue weighted by atomic mass is 9.87. The van der Waals surface area contributed by atoms with Crippen LogP contribution < -0.4 is 10.1 Å². The number of nitrogens with one attached hydrogen (secondary N) is 1. The molecule has 2 aromatic carbocycles. The summed E-state index contributed by atoms with van der Waals surface area (Å²) in [6.45, 7) is 4.27. The van der Waals surface area contributed by atoms with Crippen LogP contribution in [0.25, 0.3) is 0 Å². The van der Waals surface area contributed by atoms with Crippen LogP contribution in [-0.4, -0.2) is 16.1 Å². The first-order valence-corrected chi connectivity index (χ1v) is 9.42. The van der Waals surface area contributed by atoms with Gasteiger partial charge < -0.3 is 4.74 Å². The minimum atomic E-state index is -0.436. The maximum atomic E-state index is 13.1. The van der Waals surface area contributed by atoms with E-state index in [0.29, 0.717) is 22.5 Å². The molecule has 132 valence electrons. The third-order valence-electron chi connectivity index (χ3n) is 4.22. The Morgan fingerprint density at radius 2 is 1.69 bits per heavy atom. The van der Waals surface area contributed by atoms with Crippen LogP contribution in [0.2, 0.25) is 0 Å². The van der Waals surface area contributed by atoms with E-state index in [9.17, 15) is 4.79 Å². The van der Waals surface area contributed by atoms with E-state index in [4.69, 9.17) is 4.74 Å². The van der Waals surface area contributed by atoms with Gasteiger partial charge in [0.05, 0.1) is 5.92 Å². The Labute approximate surface area is 156 Å². The standard InChI is InChI=1S/C20H19N3O2S/c1-12(2)11-17-22-23-20(26-17)21-19(24)18-13-7-3-5-9-15(13)25-16-10-6-4-8-14(16)18/h3-10,12,18H,11H2,1-2H3,(H,21,23,24). The summed E-state index contributed by atoms with van der Waals surface area (Å²) in [5, 5.41) is 12.7. The molecule has 0 saturated heterocycles. The van der Waals surface area contributed by atoms with E-state index in [-0.39, 0.29) is 5.91 Å². The van der Waals surface area contributed by atoms with Gasteiger partial charge in [-0.15, -0.1) is 10.2 Å². The number of hydrogen-bond acceptors (Lipinski definition) is 5. The summed E-state index contributed by atoms with van der Waals surface area (Å²) >= 11 is 1.43. The van der Waals surface area contributed by atoms with Crippen molar-refractivity contribution in [3.05, 3.63) is 64.7 Å². The zero-order chi connectivity index (χ0) is 18.1. The SMILES string of the molecule is CC(C)Cc1nnc(NC(=O)C2c3ccccc3Oc3ccccc32)s1. The quantitative estimate of drug-likeness (QED) is 0.733. The van der Waals surface area contributed by atoms with Gasteiger partial charge in [0, 0.05) is 17.5 Å². The summed E-state index contributed by atoms with van der Waals surface area (Å²) in [5.41, 5.74) is 1.71. The van der Waals surface area contributed by atoms with E-state index >= 15 is 0 Å². The van der Waals surface area contributed by atoms with Crippen LogP contribution >= 0.6 is 11.3 Å². The number of carbonyl (C=O) groups excluding carboxylic acids is 1. The molecule has 0 spiro atoms. The lowest BCUT2D eigenvalue weighted by molar-refractivity contribution is -0.116. The molecule has 1 amide bonds. The van der Waals surface area contributed by atoms with Gasteiger partial charge in [0.25, 0.3) is 0 Å². The Morgan fingerprint density at radius 3 is 2.31 bits per heavy atom. The normalized spacial score (nSPS) is 13.0. The summed E-state index contributed by atoms with van der Waals surface area (Å²) in [6.07, 6.45) is 0.858. The number of amides is 1. The van der Waals surface area contributed by atoms with Crippen molar-refractivity contribution in [2.75, 3.05) is 5.32 Å². The number of hydrogen-bond donors (Lipinski definition) is 1. The van der Waals surface area contributed by atoms with Crippen LogP contribution in [-0.2, 0) is 11.2 Å². The fraction of sp³-hybridized carbons (Fsp3) is 0.250. The molecule has 0 radical (unpaired) electrons. The van der Waals surface area contributed by atoms with Gasteiger partial charge in [-0.3, -0.25) is 10.1 Å². The smallest absolute Gasteiger partial charge is 0.238 e. The summed E-state index contributed by atoms with van der Waals surface area (Å²) in [7, 11) is 0. The van der Waals surface area contributed by atoms with Gasteiger partial charge in [0.1, 0.15) is 16.5 Å². The Hall–Kier alpha value is -2.73. The molecule has 0 fully saturated rings. The zero-order valence-electron chi connectivity index (χ0n) is 14.6. The lowest BCUT2D eigenvalue weighted by Crippen LogP contribution is -2.25. The molecule has 1 aliphatic rings. The first kappa shape index (κ1) is 16.7. The number of benzene rings is 2. The molecule has 0 bridgehead atoms. The van der Waals surface area contributed by atoms with Crippen molar-refractivity contribution in [3.8, 4) is 11.5 Å². The van der Waals surface area contributed by atoms with E-state index in [1.54, 1.807) is 0 Å². The second-order valence-electron chi connectivity index (χ2n) is 6.70. The van der Waals surface area contributed by atoms with Crippen molar-refractivity contribution in [2.45, 2.75) is 26.2 Å². The highest BCUT2D eigenvalue weighted by atomic mass is 32.1. The molecule has 2 heterocycles. The van der Waals surface area contributed by atoms with Gasteiger partial charge in [-0.25, -0.2) is 0 Å². The molecule has 3 aromatic rings. The minimum absolute atomic E-state index is 0.125. The molecule has 26 heavy (non-hydrogen) atoms. The summed E-state index contributed by atoms with van der Waals surface area (Å²) in [5.74, 6) is 1.36. The summed E-state index contributed by atoms with van der Waals surface area (Å²) in [6, 6.07) is 15.3. The third-order valence-corrected chi connectivity index (χ3v) is 5.08. The number of ether oxygens (including phenoxy) is 1. The highest BCUT2D eigenvalue weighted by Crippen LogP contribution is 2.44. The molecule has 1 aliphatic heterocycles. The first-order chi connectivity index (χ1) is 12.6. The largest absolute Gasteiger partial charge is 0.457 e. The second-order valence-corrected chi connectivity index (χ2v) is 7.76. The average molecular weight is 365 g/mol. The van der Waals surface area contributed by atoms with Crippen molar-refractivity contribution >= 4 is 22.4 Å². The highest BCUT2D eigenvalue weighted by molar-refractivity contribution is 7.15. The van der Waals surface area contributed by atoms with E-state index < -0.39 is 5.92 Å². The molecule has 0 atom stereocenters. The van der Waals surface area contributed by atoms with Gasteiger partial charge in [-0.05, 0) is 18.1 Å². The zero-order valence-corrected chi connectivity index (χ0v) is 15.4. The second kappa shape index (κ2) is 6.88. The Kier molecular flexibility index (Phi) is 4.42. The fourth-order valence-corrected chi connectivity index (χ4v) is 4.06. The van der Waals surface area contributed by atoms with Crippen LogP contribution in [0.1, 0.15) is 35.9 Å². The monoisotopic (exact) mass is 365 g/mol. The molecular formula is C20H19N3O2S. The van der Waals surface area contributed by atoms with E-state index in [1.165, 1.54) is 11.3 Å². The maximum Gasteiger partial charge on any atom is 0.238 e. The van der Waals surface area contributed by atoms with Gasteiger partial charge in [0.15, 0.2) is 0 Å². The summed E-state index contributed by atoms with van der Waals surface area (Å²) in [4.78, 5) is 13.1. The van der Waals surface area contributed by atoms with E-state index in [0.717, 1.165) is 22.6 Å². The predicted octanol–water partition coefficient (Wildman–Crippen LogP) is 4.61. The van der Waals surface area contributed by atoms with Crippen molar-refractivity contribution < 1.29 is 9.53 Å².